The molecule has 0 radical (unpaired) electrons. The van der Waals surface area contributed by atoms with Crippen molar-refractivity contribution in [2.45, 2.75) is 12.5 Å². The van der Waals surface area contributed by atoms with Gasteiger partial charge in [-0.1, -0.05) is 0 Å². The van der Waals surface area contributed by atoms with Gasteiger partial charge in [0.1, 0.15) is 0 Å². The zero-order valence-corrected chi connectivity index (χ0v) is 4.96. The van der Waals surface area contributed by atoms with E-state index >= 15 is 0 Å². The summed E-state index contributed by atoms with van der Waals surface area (Å²) < 4.78 is 9.97. The highest BCUT2D eigenvalue weighted by Crippen LogP contribution is 2.04. The van der Waals surface area contributed by atoms with E-state index in [-0.39, 0.29) is 6.10 Å². The molecule has 0 amide bonds. The first kappa shape index (κ1) is 5.63. The first-order valence-electron chi connectivity index (χ1n) is 2.74. The molecular weight excluding hydrogens is 104 g/mol. The normalized spacial score (nSPS) is 27.4. The fraction of sp³-hybridized carbons (Fsp3) is 0.667. The lowest BCUT2D eigenvalue weighted by molar-refractivity contribution is 0.0878. The van der Waals surface area contributed by atoms with E-state index in [4.69, 9.17) is 9.47 Å². The fourth-order valence-corrected chi connectivity index (χ4v) is 0.688. The summed E-state index contributed by atoms with van der Waals surface area (Å²) in [5, 5.41) is 0. The molecule has 46 valence electrons. The number of ether oxygens (including phenoxy) is 2. The lowest BCUT2D eigenvalue weighted by atomic mass is 10.2. The minimum atomic E-state index is 0.281. The molecule has 2 heteroatoms. The Bertz CT molecular complexity index is 88.5. The minimum absolute atomic E-state index is 0.281. The molecule has 0 bridgehead atoms. The minimum Gasteiger partial charge on any atom is -0.501 e. The van der Waals surface area contributed by atoms with Crippen LogP contribution in [0.5, 0.6) is 0 Å². The molecule has 0 N–H and O–H groups in total. The van der Waals surface area contributed by atoms with E-state index in [1.54, 1.807) is 13.4 Å². The van der Waals surface area contributed by atoms with Crippen molar-refractivity contribution in [1.82, 2.24) is 0 Å². The standard InChI is InChI=1S/C6H10O2/c1-7-6-2-4-8-5-3-6/h2,4,6H,3,5H2,1H3. The van der Waals surface area contributed by atoms with Crippen molar-refractivity contribution in [1.29, 1.82) is 0 Å². The van der Waals surface area contributed by atoms with Gasteiger partial charge in [0, 0.05) is 13.5 Å². The Hall–Kier alpha value is -0.500. The summed E-state index contributed by atoms with van der Waals surface area (Å²) in [5.41, 5.74) is 0. The lowest BCUT2D eigenvalue weighted by Gasteiger charge is -2.14. The Labute approximate surface area is 49.1 Å². The molecule has 1 heterocycles. The molecule has 0 aromatic heterocycles. The monoisotopic (exact) mass is 114 g/mol. The summed E-state index contributed by atoms with van der Waals surface area (Å²) >= 11 is 0. The van der Waals surface area contributed by atoms with Crippen LogP contribution >= 0.6 is 0 Å². The average Bonchev–Trinajstić information content (AvgIpc) is 1.90. The summed E-state index contributed by atoms with van der Waals surface area (Å²) in [6.45, 7) is 0.787. The fourth-order valence-electron chi connectivity index (χ4n) is 0.688. The van der Waals surface area contributed by atoms with E-state index in [0.717, 1.165) is 13.0 Å². The van der Waals surface area contributed by atoms with Crippen molar-refractivity contribution in [2.75, 3.05) is 13.7 Å². The number of methoxy groups -OCH3 is 1. The van der Waals surface area contributed by atoms with Gasteiger partial charge in [0.25, 0.3) is 0 Å². The van der Waals surface area contributed by atoms with E-state index < -0.39 is 0 Å². The van der Waals surface area contributed by atoms with Crippen LogP contribution in [0.2, 0.25) is 0 Å². The highest BCUT2D eigenvalue weighted by atomic mass is 16.5. The summed E-state index contributed by atoms with van der Waals surface area (Å²) in [7, 11) is 1.71. The number of hydrogen-bond acceptors (Lipinski definition) is 2. The van der Waals surface area contributed by atoms with Crippen LogP contribution in [0.3, 0.4) is 0 Å². The topological polar surface area (TPSA) is 18.5 Å². The Morgan fingerprint density at radius 3 is 3.00 bits per heavy atom. The third-order valence-electron chi connectivity index (χ3n) is 1.21. The van der Waals surface area contributed by atoms with Crippen LogP contribution in [0.1, 0.15) is 6.42 Å². The van der Waals surface area contributed by atoms with Crippen molar-refractivity contribution < 1.29 is 9.47 Å². The second kappa shape index (κ2) is 2.72. The predicted octanol–water partition coefficient (Wildman–Crippen LogP) is 0.935. The molecule has 8 heavy (non-hydrogen) atoms. The summed E-state index contributed by atoms with van der Waals surface area (Å²) in [6.07, 6.45) is 4.87. The van der Waals surface area contributed by atoms with Crippen LogP contribution in [0.25, 0.3) is 0 Å². The maximum absolute atomic E-state index is 5.02. The molecule has 1 rings (SSSR count). The van der Waals surface area contributed by atoms with Gasteiger partial charge in [0.2, 0.25) is 0 Å². The van der Waals surface area contributed by atoms with Gasteiger partial charge in [-0.15, -0.1) is 0 Å². The van der Waals surface area contributed by atoms with Crippen LogP contribution in [-0.4, -0.2) is 19.8 Å². The molecular formula is C6H10O2. The van der Waals surface area contributed by atoms with Crippen molar-refractivity contribution in [2.24, 2.45) is 0 Å². The molecule has 0 saturated carbocycles. The average molecular weight is 114 g/mol. The number of rotatable bonds is 1. The molecule has 2 nitrogen and oxygen atoms in total. The molecule has 0 fully saturated rings. The Kier molecular flexibility index (Phi) is 1.92. The van der Waals surface area contributed by atoms with Gasteiger partial charge in [-0.3, -0.25) is 0 Å². The third kappa shape index (κ3) is 1.23. The zero-order chi connectivity index (χ0) is 5.82. The molecule has 1 aliphatic rings. The summed E-state index contributed by atoms with van der Waals surface area (Å²) in [6, 6.07) is 0. The van der Waals surface area contributed by atoms with E-state index in [1.807, 2.05) is 6.08 Å². The van der Waals surface area contributed by atoms with Gasteiger partial charge in [0.15, 0.2) is 0 Å². The summed E-state index contributed by atoms with van der Waals surface area (Å²) in [5.74, 6) is 0. The maximum atomic E-state index is 5.02. The third-order valence-corrected chi connectivity index (χ3v) is 1.21. The van der Waals surface area contributed by atoms with Gasteiger partial charge >= 0.3 is 0 Å². The molecule has 0 saturated heterocycles. The Morgan fingerprint density at radius 1 is 1.75 bits per heavy atom. The molecule has 1 atom stereocenters. The second-order valence-corrected chi connectivity index (χ2v) is 1.76. The molecule has 0 aromatic carbocycles. The smallest absolute Gasteiger partial charge is 0.0901 e. The van der Waals surface area contributed by atoms with Crippen LogP contribution in [0.15, 0.2) is 12.3 Å². The van der Waals surface area contributed by atoms with Crippen LogP contribution in [-0.2, 0) is 9.47 Å². The van der Waals surface area contributed by atoms with Crippen molar-refractivity contribution >= 4 is 0 Å². The molecule has 1 unspecified atom stereocenters. The van der Waals surface area contributed by atoms with Gasteiger partial charge < -0.3 is 9.47 Å². The van der Waals surface area contributed by atoms with E-state index in [9.17, 15) is 0 Å². The van der Waals surface area contributed by atoms with Crippen LogP contribution in [0.4, 0.5) is 0 Å². The van der Waals surface area contributed by atoms with Crippen molar-refractivity contribution in [3.05, 3.63) is 12.3 Å². The van der Waals surface area contributed by atoms with Crippen LogP contribution < -0.4 is 0 Å². The Morgan fingerprint density at radius 2 is 2.62 bits per heavy atom. The highest BCUT2D eigenvalue weighted by Gasteiger charge is 2.05. The van der Waals surface area contributed by atoms with Gasteiger partial charge in [0.05, 0.1) is 19.0 Å². The highest BCUT2D eigenvalue weighted by molar-refractivity contribution is 4.87. The molecule has 0 spiro atoms. The van der Waals surface area contributed by atoms with Crippen LogP contribution in [0, 0.1) is 0 Å². The first-order chi connectivity index (χ1) is 3.93. The predicted molar refractivity (Wildman–Crippen MR) is 30.5 cm³/mol. The quantitative estimate of drug-likeness (QED) is 0.505. The molecule has 0 aromatic rings. The van der Waals surface area contributed by atoms with Crippen molar-refractivity contribution in [3.63, 3.8) is 0 Å². The first-order valence-corrected chi connectivity index (χ1v) is 2.74. The number of hydrogen-bond donors (Lipinski definition) is 0. The Balaban J connectivity index is 2.32. The zero-order valence-electron chi connectivity index (χ0n) is 4.96. The lowest BCUT2D eigenvalue weighted by Crippen LogP contribution is -2.13. The van der Waals surface area contributed by atoms with E-state index in [0.29, 0.717) is 0 Å². The molecule has 1 aliphatic heterocycles. The largest absolute Gasteiger partial charge is 0.501 e. The SMILES string of the molecule is COC1C=COCC1. The van der Waals surface area contributed by atoms with Gasteiger partial charge in [-0.25, -0.2) is 0 Å². The second-order valence-electron chi connectivity index (χ2n) is 1.76. The van der Waals surface area contributed by atoms with Gasteiger partial charge in [-0.2, -0.15) is 0 Å². The van der Waals surface area contributed by atoms with E-state index in [2.05, 4.69) is 0 Å². The van der Waals surface area contributed by atoms with Gasteiger partial charge in [-0.05, 0) is 6.08 Å². The van der Waals surface area contributed by atoms with Crippen molar-refractivity contribution in [3.8, 4) is 0 Å². The maximum Gasteiger partial charge on any atom is 0.0901 e. The van der Waals surface area contributed by atoms with E-state index in [1.165, 1.54) is 0 Å². The molecule has 0 aliphatic carbocycles. The summed E-state index contributed by atoms with van der Waals surface area (Å²) in [4.78, 5) is 0.